The van der Waals surface area contributed by atoms with Crippen molar-refractivity contribution in [1.82, 2.24) is 4.90 Å². The first-order valence-electron chi connectivity index (χ1n) is 9.21. The highest BCUT2D eigenvalue weighted by molar-refractivity contribution is 6.30. The number of nitro benzene ring substituents is 1. The van der Waals surface area contributed by atoms with Crippen molar-refractivity contribution in [2.75, 3.05) is 20.2 Å². The molecule has 0 spiro atoms. The molecule has 9 heteroatoms. The first kappa shape index (κ1) is 21.2. The first-order chi connectivity index (χ1) is 13.9. The van der Waals surface area contributed by atoms with Gasteiger partial charge in [-0.3, -0.25) is 15.0 Å². The summed E-state index contributed by atoms with van der Waals surface area (Å²) in [6.07, 6.45) is -1.01. The number of halogens is 1. The Bertz CT molecular complexity index is 845. The quantitative estimate of drug-likeness (QED) is 0.514. The highest BCUT2D eigenvalue weighted by Crippen LogP contribution is 2.33. The summed E-state index contributed by atoms with van der Waals surface area (Å²) in [6, 6.07) is 11.4. The first-order valence-corrected chi connectivity index (χ1v) is 9.58. The van der Waals surface area contributed by atoms with Crippen LogP contribution in [0.3, 0.4) is 0 Å². The fraction of sp³-hybridized carbons (Fsp3) is 0.400. The van der Waals surface area contributed by atoms with Gasteiger partial charge in [0.05, 0.1) is 12.0 Å². The van der Waals surface area contributed by atoms with Gasteiger partial charge in [0.1, 0.15) is 23.7 Å². The number of ether oxygens (including phenoxy) is 3. The van der Waals surface area contributed by atoms with Gasteiger partial charge in [0, 0.05) is 30.2 Å². The molecule has 2 aromatic rings. The molecule has 3 atom stereocenters. The Morgan fingerprint density at radius 1 is 1.24 bits per heavy atom. The molecule has 1 aliphatic heterocycles. The highest BCUT2D eigenvalue weighted by atomic mass is 35.5. The van der Waals surface area contributed by atoms with Crippen LogP contribution in [0.1, 0.15) is 13.3 Å². The lowest BCUT2D eigenvalue weighted by Gasteiger charge is -2.30. The Morgan fingerprint density at radius 3 is 2.55 bits per heavy atom. The van der Waals surface area contributed by atoms with E-state index < -0.39 is 17.3 Å². The van der Waals surface area contributed by atoms with Crippen LogP contribution in [0.25, 0.3) is 0 Å². The van der Waals surface area contributed by atoms with Crippen molar-refractivity contribution in [3.63, 3.8) is 0 Å². The lowest BCUT2D eigenvalue weighted by atomic mass is 10.2. The summed E-state index contributed by atoms with van der Waals surface area (Å²) in [5, 5.41) is 22.3. The molecule has 1 fully saturated rings. The van der Waals surface area contributed by atoms with E-state index in [0.29, 0.717) is 29.6 Å². The van der Waals surface area contributed by atoms with E-state index in [1.54, 1.807) is 31.2 Å². The minimum absolute atomic E-state index is 0.0438. The fourth-order valence-corrected chi connectivity index (χ4v) is 3.39. The van der Waals surface area contributed by atoms with E-state index >= 15 is 0 Å². The van der Waals surface area contributed by atoms with E-state index in [4.69, 9.17) is 25.8 Å². The second-order valence-electron chi connectivity index (χ2n) is 6.82. The van der Waals surface area contributed by atoms with Gasteiger partial charge in [-0.2, -0.15) is 0 Å². The Labute approximate surface area is 173 Å². The number of aliphatic hydroxyl groups is 1. The van der Waals surface area contributed by atoms with Crippen molar-refractivity contribution in [2.24, 2.45) is 0 Å². The number of rotatable bonds is 8. The Hall–Kier alpha value is -2.55. The maximum Gasteiger partial charge on any atom is 0.311 e. The lowest BCUT2D eigenvalue weighted by Crippen LogP contribution is -2.46. The topological polar surface area (TPSA) is 94.3 Å². The smallest absolute Gasteiger partial charge is 0.311 e. The van der Waals surface area contributed by atoms with Gasteiger partial charge in [0.2, 0.25) is 5.75 Å². The van der Waals surface area contributed by atoms with E-state index in [0.717, 1.165) is 6.42 Å². The van der Waals surface area contributed by atoms with Gasteiger partial charge >= 0.3 is 5.69 Å². The zero-order chi connectivity index (χ0) is 21.0. The Balaban J connectivity index is 1.72. The average Bonchev–Trinajstić information content (AvgIpc) is 3.15. The van der Waals surface area contributed by atoms with Gasteiger partial charge in [0.15, 0.2) is 6.23 Å². The van der Waals surface area contributed by atoms with Crippen molar-refractivity contribution in [3.05, 3.63) is 57.6 Å². The Kier molecular flexibility index (Phi) is 6.79. The number of benzene rings is 2. The molecule has 0 aromatic heterocycles. The molecule has 1 saturated heterocycles. The molecule has 29 heavy (non-hydrogen) atoms. The van der Waals surface area contributed by atoms with E-state index in [2.05, 4.69) is 0 Å². The van der Waals surface area contributed by atoms with E-state index in [-0.39, 0.29) is 17.5 Å². The van der Waals surface area contributed by atoms with Gasteiger partial charge in [-0.15, -0.1) is 0 Å². The number of aliphatic hydroxyl groups excluding tert-OH is 1. The van der Waals surface area contributed by atoms with Crippen molar-refractivity contribution in [1.29, 1.82) is 0 Å². The summed E-state index contributed by atoms with van der Waals surface area (Å²) in [5.41, 5.74) is -0.190. The van der Waals surface area contributed by atoms with Crippen molar-refractivity contribution in [3.8, 4) is 17.2 Å². The van der Waals surface area contributed by atoms with E-state index in [1.165, 1.54) is 25.3 Å². The zero-order valence-corrected chi connectivity index (χ0v) is 16.9. The number of likely N-dealkylation sites (tertiary alicyclic amines) is 1. The third-order valence-corrected chi connectivity index (χ3v) is 4.93. The summed E-state index contributed by atoms with van der Waals surface area (Å²) < 4.78 is 17.0. The molecule has 1 N–H and O–H groups in total. The van der Waals surface area contributed by atoms with Crippen LogP contribution in [0.4, 0.5) is 5.69 Å². The second kappa shape index (κ2) is 9.30. The maximum atomic E-state index is 11.4. The normalized spacial score (nSPS) is 18.8. The van der Waals surface area contributed by atoms with Crippen molar-refractivity contribution < 1.29 is 24.2 Å². The van der Waals surface area contributed by atoms with E-state index in [1.807, 2.05) is 4.90 Å². The van der Waals surface area contributed by atoms with Crippen molar-refractivity contribution >= 4 is 17.3 Å². The predicted octanol–water partition coefficient (Wildman–Crippen LogP) is 3.50. The Morgan fingerprint density at radius 2 is 1.93 bits per heavy atom. The summed E-state index contributed by atoms with van der Waals surface area (Å²) in [5.74, 6) is 1.18. The molecule has 2 aromatic carbocycles. The number of nitrogens with zero attached hydrogens (tertiary/aromatic N) is 2. The summed E-state index contributed by atoms with van der Waals surface area (Å²) in [6.45, 7) is 2.71. The number of methoxy groups -OCH3 is 1. The van der Waals surface area contributed by atoms with Crippen LogP contribution in [0.15, 0.2) is 42.5 Å². The summed E-state index contributed by atoms with van der Waals surface area (Å²) >= 11 is 5.90. The lowest BCUT2D eigenvalue weighted by molar-refractivity contribution is -0.386. The average molecular weight is 423 g/mol. The molecule has 0 saturated carbocycles. The third kappa shape index (κ3) is 5.29. The minimum Gasteiger partial charge on any atom is -0.497 e. The van der Waals surface area contributed by atoms with Gasteiger partial charge < -0.3 is 19.3 Å². The summed E-state index contributed by atoms with van der Waals surface area (Å²) in [4.78, 5) is 12.7. The second-order valence-corrected chi connectivity index (χ2v) is 7.25. The van der Waals surface area contributed by atoms with Gasteiger partial charge in [-0.05, 0) is 43.7 Å². The highest BCUT2D eigenvalue weighted by Gasteiger charge is 2.34. The molecule has 3 rings (SSSR count). The molecule has 0 aliphatic carbocycles. The van der Waals surface area contributed by atoms with Gasteiger partial charge in [-0.1, -0.05) is 11.6 Å². The monoisotopic (exact) mass is 422 g/mol. The molecular formula is C20H23ClN2O6. The molecule has 8 nitrogen and oxygen atoms in total. The van der Waals surface area contributed by atoms with E-state index in [9.17, 15) is 15.2 Å². The van der Waals surface area contributed by atoms with Crippen LogP contribution in [0, 0.1) is 10.1 Å². The standard InChI is InChI=1S/C20H23ClN2O6/c1-13(24)20(29-19-11-16(27-2)7-8-18(19)23(25)26)22-10-9-17(12-22)28-15-5-3-14(21)4-6-15/h3-8,11,13,17,20,24H,9-10,12H2,1-2H3/t13?,17-,20?/m0/s1. The fourth-order valence-electron chi connectivity index (χ4n) is 3.26. The molecule has 1 heterocycles. The SMILES string of the molecule is COc1ccc([N+](=O)[O-])c(OC(C(C)O)N2CC[C@H](Oc3ccc(Cl)cc3)C2)c1. The van der Waals surface area contributed by atoms with Crippen molar-refractivity contribution in [2.45, 2.75) is 31.8 Å². The molecule has 156 valence electrons. The minimum atomic E-state index is -0.880. The van der Waals surface area contributed by atoms with Crippen LogP contribution in [-0.4, -0.2) is 53.6 Å². The van der Waals surface area contributed by atoms with Gasteiger partial charge in [-0.25, -0.2) is 0 Å². The molecule has 0 radical (unpaired) electrons. The molecular weight excluding hydrogens is 400 g/mol. The molecule has 0 amide bonds. The largest absolute Gasteiger partial charge is 0.497 e. The predicted molar refractivity (Wildman–Crippen MR) is 108 cm³/mol. The number of nitro groups is 1. The number of hydrogen-bond acceptors (Lipinski definition) is 7. The summed E-state index contributed by atoms with van der Waals surface area (Å²) in [7, 11) is 1.47. The van der Waals surface area contributed by atoms with Gasteiger partial charge in [0.25, 0.3) is 0 Å². The maximum absolute atomic E-state index is 11.4. The molecule has 2 unspecified atom stereocenters. The van der Waals surface area contributed by atoms with Crippen LogP contribution in [-0.2, 0) is 0 Å². The van der Waals surface area contributed by atoms with Crippen LogP contribution in [0.5, 0.6) is 17.2 Å². The zero-order valence-electron chi connectivity index (χ0n) is 16.2. The third-order valence-electron chi connectivity index (χ3n) is 4.68. The molecule has 1 aliphatic rings. The van der Waals surface area contributed by atoms with Crippen LogP contribution in [0.2, 0.25) is 5.02 Å². The molecule has 0 bridgehead atoms. The number of hydrogen-bond donors (Lipinski definition) is 1. The van der Waals surface area contributed by atoms with Crippen LogP contribution < -0.4 is 14.2 Å². The van der Waals surface area contributed by atoms with Crippen LogP contribution >= 0.6 is 11.6 Å².